The summed E-state index contributed by atoms with van der Waals surface area (Å²) in [7, 11) is -3.38. The third kappa shape index (κ3) is 3.30. The molecule has 0 aromatic heterocycles. The van der Waals surface area contributed by atoms with Crippen LogP contribution >= 0.6 is 0 Å². The van der Waals surface area contributed by atoms with Gasteiger partial charge in [0.15, 0.2) is 9.84 Å². The Morgan fingerprint density at radius 2 is 2.00 bits per heavy atom. The summed E-state index contributed by atoms with van der Waals surface area (Å²) in [6, 6.07) is 4.21. The summed E-state index contributed by atoms with van der Waals surface area (Å²) in [5, 5.41) is 2.83. The number of nitrogens with one attached hydrogen (secondary N) is 1. The molecule has 0 heterocycles. The van der Waals surface area contributed by atoms with Crippen molar-refractivity contribution in [2.75, 3.05) is 18.5 Å². The van der Waals surface area contributed by atoms with Crippen LogP contribution in [-0.4, -0.2) is 27.1 Å². The molecule has 1 saturated carbocycles. The predicted molar refractivity (Wildman–Crippen MR) is 78.2 cm³/mol. The molecule has 0 radical (unpaired) electrons. The lowest BCUT2D eigenvalue weighted by Crippen LogP contribution is -2.26. The summed E-state index contributed by atoms with van der Waals surface area (Å²) in [6.07, 6.45) is 2.19. The molecule has 3 N–H and O–H groups in total. The molecule has 1 aromatic rings. The van der Waals surface area contributed by atoms with Crippen molar-refractivity contribution in [2.45, 2.75) is 25.2 Å². The highest BCUT2D eigenvalue weighted by Gasteiger charge is 2.45. The van der Waals surface area contributed by atoms with Crippen LogP contribution in [0.1, 0.15) is 30.6 Å². The Balaban J connectivity index is 2.12. The number of nitrogens with two attached hydrogens (primary N) is 1. The van der Waals surface area contributed by atoms with E-state index < -0.39 is 9.84 Å². The van der Waals surface area contributed by atoms with Crippen LogP contribution in [0.5, 0.6) is 0 Å². The zero-order valence-electron chi connectivity index (χ0n) is 11.9. The van der Waals surface area contributed by atoms with Crippen LogP contribution < -0.4 is 11.1 Å². The number of amides is 1. The maximum absolute atomic E-state index is 12.1. The summed E-state index contributed by atoms with van der Waals surface area (Å²) in [4.78, 5) is 12.1. The SMILES string of the molecule is CC1(C)CC1CNC(=O)c1cc(N)cc(S(C)(=O)=O)c1. The highest BCUT2D eigenvalue weighted by molar-refractivity contribution is 7.90. The monoisotopic (exact) mass is 296 g/mol. The van der Waals surface area contributed by atoms with Gasteiger partial charge >= 0.3 is 0 Å². The zero-order valence-corrected chi connectivity index (χ0v) is 12.8. The van der Waals surface area contributed by atoms with E-state index in [1.165, 1.54) is 18.2 Å². The molecule has 0 aliphatic heterocycles. The Bertz CT molecular complexity index is 650. The van der Waals surface area contributed by atoms with Gasteiger partial charge in [0.25, 0.3) is 5.91 Å². The van der Waals surface area contributed by atoms with Crippen molar-refractivity contribution in [1.29, 1.82) is 0 Å². The first-order valence-corrected chi connectivity index (χ1v) is 8.37. The maximum Gasteiger partial charge on any atom is 0.251 e. The quantitative estimate of drug-likeness (QED) is 0.823. The molecule has 2 rings (SSSR count). The molecule has 1 aliphatic carbocycles. The molecule has 1 aliphatic rings. The number of sulfone groups is 1. The van der Waals surface area contributed by atoms with Crippen molar-refractivity contribution in [2.24, 2.45) is 11.3 Å². The summed E-state index contributed by atoms with van der Waals surface area (Å²) in [5.74, 6) is 0.201. The lowest BCUT2D eigenvalue weighted by molar-refractivity contribution is 0.0950. The van der Waals surface area contributed by atoms with Crippen molar-refractivity contribution in [3.8, 4) is 0 Å². The third-order valence-electron chi connectivity index (χ3n) is 3.85. The molecular weight excluding hydrogens is 276 g/mol. The van der Waals surface area contributed by atoms with E-state index in [2.05, 4.69) is 19.2 Å². The normalized spacial score (nSPS) is 20.4. The largest absolute Gasteiger partial charge is 0.399 e. The third-order valence-corrected chi connectivity index (χ3v) is 4.94. The van der Waals surface area contributed by atoms with Crippen LogP contribution in [-0.2, 0) is 9.84 Å². The molecule has 6 heteroatoms. The molecule has 1 unspecified atom stereocenters. The fourth-order valence-corrected chi connectivity index (χ4v) is 2.90. The summed E-state index contributed by atoms with van der Waals surface area (Å²) >= 11 is 0. The molecule has 1 fully saturated rings. The number of anilines is 1. The molecule has 20 heavy (non-hydrogen) atoms. The number of hydrogen-bond acceptors (Lipinski definition) is 4. The second kappa shape index (κ2) is 4.77. The van der Waals surface area contributed by atoms with E-state index in [9.17, 15) is 13.2 Å². The Hall–Kier alpha value is -1.56. The maximum atomic E-state index is 12.1. The Morgan fingerprint density at radius 1 is 1.40 bits per heavy atom. The first kappa shape index (κ1) is 14.8. The molecule has 1 atom stereocenters. The second-order valence-corrected chi connectivity index (χ2v) is 8.18. The van der Waals surface area contributed by atoms with Gasteiger partial charge in [-0.1, -0.05) is 13.8 Å². The molecule has 0 spiro atoms. The minimum absolute atomic E-state index is 0.0643. The van der Waals surface area contributed by atoms with E-state index in [0.29, 0.717) is 17.9 Å². The minimum atomic E-state index is -3.38. The average Bonchev–Trinajstić information content (AvgIpc) is 2.92. The van der Waals surface area contributed by atoms with E-state index in [4.69, 9.17) is 5.73 Å². The standard InChI is InChI=1S/C14H20N2O3S/c1-14(2)7-10(14)8-16-13(17)9-4-11(15)6-12(5-9)20(3,18)19/h4-6,10H,7-8,15H2,1-3H3,(H,16,17). The van der Waals surface area contributed by atoms with Crippen molar-refractivity contribution >= 4 is 21.4 Å². The average molecular weight is 296 g/mol. The zero-order chi connectivity index (χ0) is 15.1. The molecule has 110 valence electrons. The van der Waals surface area contributed by atoms with Crippen LogP contribution in [0.3, 0.4) is 0 Å². The van der Waals surface area contributed by atoms with Crippen LogP contribution in [0, 0.1) is 11.3 Å². The fraction of sp³-hybridized carbons (Fsp3) is 0.500. The van der Waals surface area contributed by atoms with Gasteiger partial charge in [-0.05, 0) is 36.0 Å². The number of benzene rings is 1. The van der Waals surface area contributed by atoms with Crippen LogP contribution in [0.15, 0.2) is 23.1 Å². The van der Waals surface area contributed by atoms with Gasteiger partial charge < -0.3 is 11.1 Å². The Morgan fingerprint density at radius 3 is 2.50 bits per heavy atom. The van der Waals surface area contributed by atoms with Gasteiger partial charge in [-0.15, -0.1) is 0 Å². The van der Waals surface area contributed by atoms with Gasteiger partial charge in [0.05, 0.1) is 4.90 Å². The van der Waals surface area contributed by atoms with Gasteiger partial charge in [-0.2, -0.15) is 0 Å². The number of hydrogen-bond donors (Lipinski definition) is 2. The van der Waals surface area contributed by atoms with Crippen LogP contribution in [0.4, 0.5) is 5.69 Å². The Kier molecular flexibility index (Phi) is 3.54. The van der Waals surface area contributed by atoms with Gasteiger partial charge in [0.1, 0.15) is 0 Å². The summed E-state index contributed by atoms with van der Waals surface area (Å²) < 4.78 is 23.1. The number of nitrogen functional groups attached to an aromatic ring is 1. The van der Waals surface area contributed by atoms with Crippen molar-refractivity contribution in [3.05, 3.63) is 23.8 Å². The molecule has 1 aromatic carbocycles. The second-order valence-electron chi connectivity index (χ2n) is 6.16. The van der Waals surface area contributed by atoms with Crippen molar-refractivity contribution in [1.82, 2.24) is 5.32 Å². The summed E-state index contributed by atoms with van der Waals surface area (Å²) in [5.41, 5.74) is 6.50. The lowest BCUT2D eigenvalue weighted by Gasteiger charge is -2.08. The van der Waals surface area contributed by atoms with Gasteiger partial charge in [-0.25, -0.2) is 8.42 Å². The lowest BCUT2D eigenvalue weighted by atomic mass is 10.1. The van der Waals surface area contributed by atoms with Crippen molar-refractivity contribution in [3.63, 3.8) is 0 Å². The molecular formula is C14H20N2O3S. The summed E-state index contributed by atoms with van der Waals surface area (Å²) in [6.45, 7) is 4.92. The Labute approximate surface area is 119 Å². The van der Waals surface area contributed by atoms with E-state index in [-0.39, 0.29) is 22.1 Å². The number of carbonyl (C=O) groups excluding carboxylic acids is 1. The topological polar surface area (TPSA) is 89.3 Å². The van der Waals surface area contributed by atoms with E-state index in [1.54, 1.807) is 0 Å². The van der Waals surface area contributed by atoms with E-state index in [0.717, 1.165) is 12.7 Å². The van der Waals surface area contributed by atoms with Crippen molar-refractivity contribution < 1.29 is 13.2 Å². The van der Waals surface area contributed by atoms with Crippen LogP contribution in [0.25, 0.3) is 0 Å². The smallest absolute Gasteiger partial charge is 0.251 e. The minimum Gasteiger partial charge on any atom is -0.399 e. The predicted octanol–water partition coefficient (Wildman–Crippen LogP) is 1.45. The number of carbonyl (C=O) groups is 1. The fourth-order valence-electron chi connectivity index (χ4n) is 2.21. The molecule has 5 nitrogen and oxygen atoms in total. The van der Waals surface area contributed by atoms with Crippen LogP contribution in [0.2, 0.25) is 0 Å². The van der Waals surface area contributed by atoms with E-state index in [1.807, 2.05) is 0 Å². The molecule has 0 bridgehead atoms. The highest BCUT2D eigenvalue weighted by atomic mass is 32.2. The first-order valence-electron chi connectivity index (χ1n) is 6.48. The van der Waals surface area contributed by atoms with Gasteiger partial charge in [-0.3, -0.25) is 4.79 Å². The first-order chi connectivity index (χ1) is 9.09. The molecule has 0 saturated heterocycles. The van der Waals surface area contributed by atoms with Gasteiger partial charge in [0.2, 0.25) is 0 Å². The van der Waals surface area contributed by atoms with Gasteiger partial charge in [0, 0.05) is 24.1 Å². The number of rotatable bonds is 4. The van der Waals surface area contributed by atoms with E-state index >= 15 is 0 Å². The molecule has 1 amide bonds. The highest BCUT2D eigenvalue weighted by Crippen LogP contribution is 2.50.